The minimum atomic E-state index is 1.32. The van der Waals surface area contributed by atoms with E-state index in [0.29, 0.717) is 0 Å². The van der Waals surface area contributed by atoms with Crippen LogP contribution in [0.5, 0.6) is 0 Å². The molecule has 0 fully saturated rings. The van der Waals surface area contributed by atoms with Gasteiger partial charge in [-0.25, -0.2) is 0 Å². The highest BCUT2D eigenvalue weighted by Crippen LogP contribution is 2.27. The minimum absolute atomic E-state index is 1.32. The number of rotatable bonds is 0. The smallest absolute Gasteiger partial charge is 0.0146 e. The Morgan fingerprint density at radius 2 is 0.900 bits per heavy atom. The molecule has 106 valence electrons. The van der Waals surface area contributed by atoms with Crippen molar-refractivity contribution in [1.29, 1.82) is 0 Å². The van der Waals surface area contributed by atoms with Gasteiger partial charge < -0.3 is 0 Å². The van der Waals surface area contributed by atoms with E-state index >= 15 is 0 Å². The van der Waals surface area contributed by atoms with Gasteiger partial charge in [-0.05, 0) is 58.7 Å². The van der Waals surface area contributed by atoms with E-state index < -0.39 is 0 Å². The van der Waals surface area contributed by atoms with Gasteiger partial charge in [0, 0.05) is 0 Å². The molecule has 0 aliphatic carbocycles. The Hall–Kier alpha value is -1.82. The third kappa shape index (κ3) is 3.19. The van der Waals surface area contributed by atoms with E-state index in [2.05, 4.69) is 62.4 Å². The van der Waals surface area contributed by atoms with Crippen molar-refractivity contribution in [2.75, 3.05) is 0 Å². The van der Waals surface area contributed by atoms with Gasteiger partial charge in [0.25, 0.3) is 0 Å². The van der Waals surface area contributed by atoms with Crippen LogP contribution in [0, 0.1) is 13.8 Å². The molecule has 0 radical (unpaired) electrons. The minimum Gasteiger partial charge on any atom is -0.0683 e. The number of hydrogen-bond acceptors (Lipinski definition) is 0. The van der Waals surface area contributed by atoms with Crippen molar-refractivity contribution in [3.05, 3.63) is 59.7 Å². The molecular formula is C20H26. The fraction of sp³-hybridized carbons (Fsp3) is 0.300. The van der Waals surface area contributed by atoms with Gasteiger partial charge in [-0.2, -0.15) is 0 Å². The predicted molar refractivity (Wildman–Crippen MR) is 93.6 cm³/mol. The number of benzene rings is 3. The lowest BCUT2D eigenvalue weighted by Gasteiger charge is -2.07. The SMILES string of the molecule is CC.CC.Cc1ccc(C)c2cc3ccccc3cc12. The summed E-state index contributed by atoms with van der Waals surface area (Å²) in [4.78, 5) is 0. The molecule has 0 aromatic heterocycles. The highest BCUT2D eigenvalue weighted by Gasteiger charge is 2.02. The van der Waals surface area contributed by atoms with Crippen LogP contribution in [-0.2, 0) is 0 Å². The summed E-state index contributed by atoms with van der Waals surface area (Å²) in [6.45, 7) is 12.4. The first-order valence-corrected chi connectivity index (χ1v) is 7.64. The molecular weight excluding hydrogens is 240 g/mol. The lowest BCUT2D eigenvalue weighted by Crippen LogP contribution is -1.83. The summed E-state index contributed by atoms with van der Waals surface area (Å²) in [6.07, 6.45) is 0. The molecule has 20 heavy (non-hydrogen) atoms. The average molecular weight is 266 g/mol. The van der Waals surface area contributed by atoms with Crippen molar-refractivity contribution in [1.82, 2.24) is 0 Å². The molecule has 0 heteroatoms. The molecule has 0 saturated heterocycles. The number of hydrogen-bond donors (Lipinski definition) is 0. The second-order valence-electron chi connectivity index (χ2n) is 4.44. The second kappa shape index (κ2) is 7.69. The summed E-state index contributed by atoms with van der Waals surface area (Å²) in [5, 5.41) is 5.39. The molecule has 0 bridgehead atoms. The topological polar surface area (TPSA) is 0 Å². The van der Waals surface area contributed by atoms with Gasteiger partial charge in [0.2, 0.25) is 0 Å². The van der Waals surface area contributed by atoms with E-state index in [9.17, 15) is 0 Å². The van der Waals surface area contributed by atoms with E-state index in [4.69, 9.17) is 0 Å². The Balaban J connectivity index is 0.000000461. The molecule has 0 atom stereocenters. The van der Waals surface area contributed by atoms with Crippen LogP contribution in [0.3, 0.4) is 0 Å². The Morgan fingerprint density at radius 1 is 0.550 bits per heavy atom. The largest absolute Gasteiger partial charge is 0.0683 e. The van der Waals surface area contributed by atoms with Crippen LogP contribution in [0.4, 0.5) is 0 Å². The van der Waals surface area contributed by atoms with Gasteiger partial charge in [-0.3, -0.25) is 0 Å². The summed E-state index contributed by atoms with van der Waals surface area (Å²) in [7, 11) is 0. The average Bonchev–Trinajstić information content (AvgIpc) is 2.54. The fourth-order valence-electron chi connectivity index (χ4n) is 2.32. The van der Waals surface area contributed by atoms with Gasteiger partial charge >= 0.3 is 0 Å². The van der Waals surface area contributed by atoms with Crippen molar-refractivity contribution < 1.29 is 0 Å². The highest BCUT2D eigenvalue weighted by molar-refractivity contribution is 6.00. The van der Waals surface area contributed by atoms with Crippen LogP contribution in [0.2, 0.25) is 0 Å². The first-order valence-electron chi connectivity index (χ1n) is 7.64. The van der Waals surface area contributed by atoms with Crippen LogP contribution < -0.4 is 0 Å². The van der Waals surface area contributed by atoms with E-state index in [-0.39, 0.29) is 0 Å². The van der Waals surface area contributed by atoms with Crippen LogP contribution in [0.15, 0.2) is 48.5 Å². The Kier molecular flexibility index (Phi) is 6.24. The zero-order valence-electron chi connectivity index (χ0n) is 13.6. The predicted octanol–water partition coefficient (Wildman–Crippen LogP) is 6.66. The zero-order valence-corrected chi connectivity index (χ0v) is 13.6. The van der Waals surface area contributed by atoms with E-state index in [1.165, 1.54) is 32.7 Å². The highest BCUT2D eigenvalue weighted by atomic mass is 14.1. The van der Waals surface area contributed by atoms with Crippen molar-refractivity contribution in [2.45, 2.75) is 41.5 Å². The molecule has 0 heterocycles. The number of aryl methyl sites for hydroxylation is 2. The summed E-state index contributed by atoms with van der Waals surface area (Å²) < 4.78 is 0. The quantitative estimate of drug-likeness (QED) is 0.399. The lowest BCUT2D eigenvalue weighted by atomic mass is 9.97. The summed E-state index contributed by atoms with van der Waals surface area (Å²) in [5.41, 5.74) is 2.71. The lowest BCUT2D eigenvalue weighted by molar-refractivity contribution is 1.47. The number of fused-ring (bicyclic) bond motifs is 2. The van der Waals surface area contributed by atoms with E-state index in [1.54, 1.807) is 0 Å². The van der Waals surface area contributed by atoms with Gasteiger partial charge in [0.15, 0.2) is 0 Å². The van der Waals surface area contributed by atoms with Gasteiger partial charge in [0.05, 0.1) is 0 Å². The van der Waals surface area contributed by atoms with E-state index in [1.807, 2.05) is 27.7 Å². The van der Waals surface area contributed by atoms with Crippen LogP contribution >= 0.6 is 0 Å². The van der Waals surface area contributed by atoms with Crippen LogP contribution in [0.25, 0.3) is 21.5 Å². The van der Waals surface area contributed by atoms with Crippen LogP contribution in [0.1, 0.15) is 38.8 Å². The van der Waals surface area contributed by atoms with Gasteiger partial charge in [-0.15, -0.1) is 0 Å². The summed E-state index contributed by atoms with van der Waals surface area (Å²) in [5.74, 6) is 0. The maximum Gasteiger partial charge on any atom is -0.0146 e. The summed E-state index contributed by atoms with van der Waals surface area (Å²) in [6, 6.07) is 17.5. The van der Waals surface area contributed by atoms with Gasteiger partial charge in [0.1, 0.15) is 0 Å². The molecule has 0 aliphatic heterocycles. The maximum absolute atomic E-state index is 2.30. The standard InChI is InChI=1S/C16H14.2C2H6/c1-11-7-8-12(2)16-10-14-6-4-3-5-13(14)9-15(11)16;2*1-2/h3-10H,1-2H3;2*1-2H3. The third-order valence-corrected chi connectivity index (χ3v) is 3.32. The van der Waals surface area contributed by atoms with Crippen molar-refractivity contribution in [3.8, 4) is 0 Å². The first-order chi connectivity index (χ1) is 9.75. The van der Waals surface area contributed by atoms with Crippen LogP contribution in [-0.4, -0.2) is 0 Å². The van der Waals surface area contributed by atoms with Crippen molar-refractivity contribution in [3.63, 3.8) is 0 Å². The summed E-state index contributed by atoms with van der Waals surface area (Å²) >= 11 is 0. The zero-order chi connectivity index (χ0) is 15.1. The molecule has 0 nitrogen and oxygen atoms in total. The second-order valence-corrected chi connectivity index (χ2v) is 4.44. The Bertz CT molecular complexity index is 618. The molecule has 0 aliphatic rings. The Morgan fingerprint density at radius 3 is 1.25 bits per heavy atom. The molecule has 3 aromatic carbocycles. The maximum atomic E-state index is 2.30. The molecule has 0 N–H and O–H groups in total. The monoisotopic (exact) mass is 266 g/mol. The molecule has 0 saturated carbocycles. The Labute approximate surface area is 123 Å². The van der Waals surface area contributed by atoms with E-state index in [0.717, 1.165) is 0 Å². The van der Waals surface area contributed by atoms with Crippen molar-refractivity contribution >= 4 is 21.5 Å². The molecule has 3 aromatic rings. The molecule has 0 spiro atoms. The molecule has 3 rings (SSSR count). The van der Waals surface area contributed by atoms with Gasteiger partial charge in [-0.1, -0.05) is 64.1 Å². The molecule has 0 amide bonds. The van der Waals surface area contributed by atoms with Crippen molar-refractivity contribution in [2.24, 2.45) is 0 Å². The normalized spacial score (nSPS) is 9.50. The molecule has 0 unspecified atom stereocenters. The third-order valence-electron chi connectivity index (χ3n) is 3.32. The fourth-order valence-corrected chi connectivity index (χ4v) is 2.32. The first kappa shape index (κ1) is 16.2.